The van der Waals surface area contributed by atoms with Gasteiger partial charge in [0.2, 0.25) is 53.2 Å². The summed E-state index contributed by atoms with van der Waals surface area (Å²) in [7, 11) is 0. The second-order valence-electron chi connectivity index (χ2n) is 33.1. The molecule has 0 spiro atoms. The van der Waals surface area contributed by atoms with Gasteiger partial charge in [-0.1, -0.05) is 41.0 Å². The van der Waals surface area contributed by atoms with Gasteiger partial charge in [-0.05, 0) is 212 Å². The molecule has 13 amide bonds. The third-order valence-corrected chi connectivity index (χ3v) is 16.3. The number of carboxylic acids is 1. The minimum Gasteiger partial charge on any atom is -0.870 e. The van der Waals surface area contributed by atoms with Gasteiger partial charge in [0.25, 0.3) is 0 Å². The van der Waals surface area contributed by atoms with Gasteiger partial charge in [0.05, 0.1) is 39.1 Å². The van der Waals surface area contributed by atoms with Gasteiger partial charge in [-0.3, -0.25) is 52.7 Å². The number of ketones is 1. The Labute approximate surface area is 897 Å². The molecule has 5 atom stereocenters. The number of carbonyl (C=O) groups excluding carboxylic acids is 24. The maximum Gasteiger partial charge on any atom is 1.00 e. The van der Waals surface area contributed by atoms with Crippen molar-refractivity contribution in [3.05, 3.63) is 0 Å². The zero-order valence-electron chi connectivity index (χ0n) is 88.4. The van der Waals surface area contributed by atoms with Gasteiger partial charge < -0.3 is 138 Å². The Bertz CT molecular complexity index is 3530. The Balaban J connectivity index is -0.0000000909. The first-order valence-electron chi connectivity index (χ1n) is 45.4. The molecule has 0 radical (unpaired) electrons. The van der Waals surface area contributed by atoms with Crippen molar-refractivity contribution >= 4 is 120 Å². The molecule has 0 heterocycles. The molecular weight excluding hydrogens is 1930 g/mol. The first kappa shape index (κ1) is 173. The van der Waals surface area contributed by atoms with E-state index in [4.69, 9.17) is 114 Å². The van der Waals surface area contributed by atoms with Gasteiger partial charge >= 0.3 is 120 Å². The minimum absolute atomic E-state index is 0. The summed E-state index contributed by atoms with van der Waals surface area (Å²) in [6, 6.07) is 0.567. The number of carbonyl (C=O) groups is 15. The van der Waals surface area contributed by atoms with Crippen molar-refractivity contribution in [3.63, 3.8) is 0 Å². The van der Waals surface area contributed by atoms with Crippen molar-refractivity contribution in [1.82, 2.24) is 69.1 Å². The molecule has 0 aliphatic rings. The molecule has 826 valence electrons. The fraction of sp³-hybridized carbons (Fsp3) is 0.717. The van der Waals surface area contributed by atoms with Crippen LogP contribution in [-0.2, 0) is 120 Å². The van der Waals surface area contributed by atoms with Crippen molar-refractivity contribution < 1.29 is 225 Å². The van der Waals surface area contributed by atoms with Crippen LogP contribution < -0.4 is 151 Å². The van der Waals surface area contributed by atoms with Gasteiger partial charge in [-0.25, -0.2) is 19.2 Å². The molecule has 145 heavy (non-hydrogen) atoms. The number of unbranched alkanes of at least 4 members (excludes halogenated alkanes) is 5. The number of alkyl carbamates (subject to hydrolysis) is 4. The van der Waals surface area contributed by atoms with Crippen LogP contribution in [0.4, 0.5) is 19.2 Å². The normalized spacial score (nSPS) is 10.3. The van der Waals surface area contributed by atoms with Crippen LogP contribution >= 0.6 is 0 Å². The Morgan fingerprint density at radius 2 is 0.538 bits per heavy atom. The average Bonchev–Trinajstić information content (AvgIpc) is 0.920. The van der Waals surface area contributed by atoms with E-state index in [2.05, 4.69) is 93.8 Å². The molecule has 0 saturated carbocycles. The number of hydrogen-bond acceptors (Lipinski definition) is 35. The van der Waals surface area contributed by atoms with Crippen LogP contribution in [-0.4, -0.2) is 278 Å². The Hall–Kier alpha value is -11.3. The molecule has 0 saturated heterocycles. The van der Waals surface area contributed by atoms with Gasteiger partial charge in [-0.15, -0.1) is 37.0 Å². The van der Waals surface area contributed by atoms with E-state index in [1.165, 1.54) is 6.42 Å². The monoisotopic (exact) mass is 2100 g/mol. The Morgan fingerprint density at radius 1 is 0.303 bits per heavy atom. The number of Topliss-reactive ketones (excluding diaryl/α,β-unsaturated/α-hetero) is 1. The quantitative estimate of drug-likeness (QED) is 0.0118. The molecule has 28 N–H and O–H groups in total. The second kappa shape index (κ2) is 121. The number of hydrogen-bond donors (Lipinski definition) is 18. The molecule has 0 fully saturated rings. The molecule has 0 aliphatic heterocycles. The fourth-order valence-corrected chi connectivity index (χ4v) is 9.74. The van der Waals surface area contributed by atoms with Gasteiger partial charge in [0.1, 0.15) is 41.3 Å². The van der Waals surface area contributed by atoms with Crippen LogP contribution in [0.3, 0.4) is 0 Å². The zero-order chi connectivity index (χ0) is 110. The van der Waals surface area contributed by atoms with E-state index in [0.29, 0.717) is 57.9 Å². The predicted molar refractivity (Wildman–Crippen MR) is 518 cm³/mol. The van der Waals surface area contributed by atoms with Crippen LogP contribution in [0.25, 0.3) is 0 Å². The van der Waals surface area contributed by atoms with Crippen LogP contribution in [0.2, 0.25) is 0 Å². The van der Waals surface area contributed by atoms with E-state index in [0.717, 1.165) is 129 Å². The summed E-state index contributed by atoms with van der Waals surface area (Å²) >= 11 is 0. The third kappa shape index (κ3) is 164. The average molecular weight is 2100 g/mol. The van der Waals surface area contributed by atoms with E-state index >= 15 is 0 Å². The number of aliphatic carboxylic acids is 1. The standard InChI is InChI=1S/C22H33N3O4.2C21H40N4O6.C11H24N4O2.C7H18N2.C5H6O2.5CO2.2Na.4H2O/c1-4-7-12-19(26)14-15-21(28)23-16-10-9-11-18(6-3)25-22(29)17-24-20(27)13-8-5-2;2*1-8-15(25-17(27)14-24-19(29)31-21(5,6)7)11-9-10-12-22-16(26)13-23-18(28)30-20(2,3)4;1-2-9(15-11(17)8-13)5-3-4-6-14-10(16)7-12;1-2-7(9)5-3-4-6-8;1-2-3-4-5(6)7;5*2-1-3;;;;;;/h1-2,18H,6-17H2,3H3,(H,23,28)(H,24,27)(H,25,29);2*15H,8-14H2,1-7H3,(H,22,26)(H,23,28)(H,24,29)(H,25,27);9H,2-8,12-13H2,1H3,(H,14,16)(H,15,17);7H,2-6,8-9H2,1H3;1H,3-4H2,(H,6,7);;;;;;;;4*1H2/q;;;;;;;;;;;2*+1;;;;/p-2/t18-;2*15-;9-;7-;;;;;;;;;;;;/m11111............/s1. The number of nitrogens with one attached hydrogen (secondary N) is 13. The molecule has 0 unspecified atom stereocenters. The maximum atomic E-state index is 12.0. The molecule has 0 aliphatic carbocycles. The van der Waals surface area contributed by atoms with Crippen LogP contribution in [0.5, 0.6) is 0 Å². The summed E-state index contributed by atoms with van der Waals surface area (Å²) in [5.74, 6) is 4.18. The van der Waals surface area contributed by atoms with Crippen molar-refractivity contribution in [2.24, 2.45) is 22.9 Å². The largest absolute Gasteiger partial charge is 1.00 e. The number of carboxylic acid groups (broad SMARTS) is 1. The van der Waals surface area contributed by atoms with E-state index in [-0.39, 0.29) is 266 Å². The number of rotatable bonds is 54. The molecule has 51 nitrogen and oxygen atoms in total. The smallest absolute Gasteiger partial charge is 0.870 e. The van der Waals surface area contributed by atoms with Crippen molar-refractivity contribution in [2.45, 2.75) is 350 Å². The van der Waals surface area contributed by atoms with E-state index in [9.17, 15) is 71.9 Å². The first-order chi connectivity index (χ1) is 65.1. The van der Waals surface area contributed by atoms with Crippen LogP contribution in [0.1, 0.15) is 297 Å². The minimum atomic E-state index is -0.835. The number of terminal acetylenes is 3. The van der Waals surface area contributed by atoms with Crippen molar-refractivity contribution in [2.75, 3.05) is 78.5 Å². The Kier molecular flexibility index (Phi) is 145. The first-order valence-corrected chi connectivity index (χ1v) is 45.4. The van der Waals surface area contributed by atoms with E-state index < -0.39 is 52.7 Å². The summed E-state index contributed by atoms with van der Waals surface area (Å²) in [5.41, 5.74) is 18.9. The molecule has 53 heteroatoms. The zero-order valence-corrected chi connectivity index (χ0v) is 92.4. The molecule has 0 bridgehead atoms. The SMILES string of the molecule is C#CCCC(=O)CCC(=O)NCCCC[C@@H](CC)NC(=O)CNC(=O)CCC#C.C#CCCC(=O)O.CC[C@@H](N)CCCCN.CC[C@H](CCCCNC(=O)CN)NC(=O)CN.CC[C@H](CCCCNC(=O)CNC(=O)OC(C)(C)C)NC(=O)CNC(=O)OC(C)(C)C.CC[C@H](CCCCNC(=O)CNC(=O)OC(C)(C)C)NC(=O)CNC(=O)OC(C)(C)C.O.O.O=C=O.O=C=O.O=C=O.O=C=O.O=C=O.[Na+].[Na+].[OH-].[OH-]. The molecule has 0 rings (SSSR count). The van der Waals surface area contributed by atoms with Crippen molar-refractivity contribution in [3.8, 4) is 37.0 Å². The Morgan fingerprint density at radius 3 is 0.779 bits per heavy atom. The predicted octanol–water partition coefficient (Wildman–Crippen LogP) is -4.60. The number of ether oxygens (including phenoxy) is 4. The van der Waals surface area contributed by atoms with Gasteiger partial charge in [0.15, 0.2) is 0 Å². The topological polar surface area (TPSA) is 867 Å². The summed E-state index contributed by atoms with van der Waals surface area (Å²) in [4.78, 5) is 253. The molecular formula is C92H167N17Na2O34. The summed E-state index contributed by atoms with van der Waals surface area (Å²) in [5, 5.41) is 42.6. The molecule has 0 aromatic rings. The molecule has 0 aromatic carbocycles. The summed E-state index contributed by atoms with van der Waals surface area (Å²) in [6.07, 6.45) is 33.2. The number of nitrogens with two attached hydrogens (primary N) is 4. The van der Waals surface area contributed by atoms with E-state index in [1.807, 2.05) is 27.7 Å². The van der Waals surface area contributed by atoms with Gasteiger partial charge in [-0.2, -0.15) is 47.9 Å². The van der Waals surface area contributed by atoms with Crippen LogP contribution in [0.15, 0.2) is 0 Å². The molecule has 0 aromatic heterocycles. The maximum absolute atomic E-state index is 12.0. The summed E-state index contributed by atoms with van der Waals surface area (Å²) in [6.45, 7) is 33.4. The van der Waals surface area contributed by atoms with Gasteiger partial charge in [0, 0.05) is 101 Å². The van der Waals surface area contributed by atoms with E-state index in [1.54, 1.807) is 83.1 Å². The summed E-state index contributed by atoms with van der Waals surface area (Å²) < 4.78 is 20.3. The third-order valence-electron chi connectivity index (χ3n) is 16.3. The second-order valence-corrected chi connectivity index (χ2v) is 33.1. The fourth-order valence-electron chi connectivity index (χ4n) is 9.74. The number of amides is 13. The van der Waals surface area contributed by atoms with Crippen LogP contribution in [0, 0.1) is 37.0 Å². The van der Waals surface area contributed by atoms with Crippen molar-refractivity contribution in [1.29, 1.82) is 0 Å².